The van der Waals surface area contributed by atoms with Crippen molar-refractivity contribution in [2.24, 2.45) is 0 Å². The average Bonchev–Trinajstić information content (AvgIpc) is 3.67. The second-order valence-corrected chi connectivity index (χ2v) is 23.0. The first-order valence-corrected chi connectivity index (χ1v) is 28.5. The van der Waals surface area contributed by atoms with Crippen LogP contribution >= 0.6 is 0 Å². The molecule has 0 atom stereocenters. The molecule has 0 saturated heterocycles. The van der Waals surface area contributed by atoms with Gasteiger partial charge in [-0.15, -0.1) is 0 Å². The molecule has 5 heteroatoms. The molecule has 0 aromatic heterocycles. The van der Waals surface area contributed by atoms with Gasteiger partial charge in [0.2, 0.25) is 0 Å². The first-order valence-electron chi connectivity index (χ1n) is 26.5. The molecule has 0 bridgehead atoms. The normalized spacial score (nSPS) is 11.1. The number of anilines is 9. The molecule has 0 aliphatic rings. The van der Waals surface area contributed by atoms with E-state index in [0.29, 0.717) is 11.1 Å². The van der Waals surface area contributed by atoms with Crippen LogP contribution in [0.2, 0.25) is 0 Å². The van der Waals surface area contributed by atoms with Gasteiger partial charge in [0.05, 0.1) is 0 Å². The number of hydrogen-bond donors (Lipinski definition) is 0. The van der Waals surface area contributed by atoms with Gasteiger partial charge in [-0.2, -0.15) is 0 Å². The maximum atomic E-state index is 14.0. The molecule has 0 aliphatic carbocycles. The molecule has 4 nitrogen and oxygen atoms in total. The highest BCUT2D eigenvalue weighted by Crippen LogP contribution is 2.41. The van der Waals surface area contributed by atoms with Gasteiger partial charge < -0.3 is 14.7 Å². The van der Waals surface area contributed by atoms with E-state index >= 15 is 0 Å². The van der Waals surface area contributed by atoms with E-state index in [0.717, 1.165) is 62.3 Å². The molecular weight excluding hydrogens is 963 g/mol. The molecule has 0 spiro atoms. The van der Waals surface area contributed by atoms with Gasteiger partial charge in [-0.25, -0.2) is 0 Å². The van der Waals surface area contributed by atoms with Crippen molar-refractivity contribution >= 4 is 85.8 Å². The Labute approximate surface area is 458 Å². The molecule has 0 radical (unpaired) electrons. The van der Waals surface area contributed by atoms with Gasteiger partial charge in [-0.1, -0.05) is 224 Å². The van der Waals surface area contributed by atoms with E-state index in [1.807, 2.05) is 48.5 Å². The molecule has 12 aromatic rings. The Bertz CT molecular complexity index is 3620. The predicted octanol–water partition coefficient (Wildman–Crippen LogP) is 16.4. The van der Waals surface area contributed by atoms with Crippen LogP contribution in [0.15, 0.2) is 334 Å². The van der Waals surface area contributed by atoms with Crippen molar-refractivity contribution in [1.82, 2.24) is 0 Å². The van der Waals surface area contributed by atoms with Crippen molar-refractivity contribution in [2.75, 3.05) is 14.7 Å². The van der Waals surface area contributed by atoms with Gasteiger partial charge in [-0.05, 0) is 141 Å². The quantitative estimate of drug-likeness (QED) is 0.0547. The van der Waals surface area contributed by atoms with Crippen molar-refractivity contribution in [3.63, 3.8) is 0 Å². The molecule has 372 valence electrons. The van der Waals surface area contributed by atoms with E-state index in [4.69, 9.17) is 0 Å². The molecule has 0 aliphatic heterocycles. The zero-order valence-electron chi connectivity index (χ0n) is 43.0. The van der Waals surface area contributed by atoms with E-state index in [2.05, 4.69) is 300 Å². The topological polar surface area (TPSA) is 26.8 Å². The summed E-state index contributed by atoms with van der Waals surface area (Å²) in [5.74, 6) is 0.0104. The lowest BCUT2D eigenvalue weighted by molar-refractivity contribution is 0.103. The van der Waals surface area contributed by atoms with Gasteiger partial charge >= 0.3 is 0 Å². The third-order valence-corrected chi connectivity index (χ3v) is 19.4. The lowest BCUT2D eigenvalue weighted by Gasteiger charge is -2.35. The first kappa shape index (κ1) is 48.8. The molecule has 12 aromatic carbocycles. The van der Waals surface area contributed by atoms with Crippen LogP contribution in [0.1, 0.15) is 15.9 Å². The van der Waals surface area contributed by atoms with E-state index in [9.17, 15) is 4.79 Å². The summed E-state index contributed by atoms with van der Waals surface area (Å²) in [7, 11) is -2.99. The highest BCUT2D eigenvalue weighted by atomic mass is 28.3. The molecular formula is C73H55N3OSi. The Balaban J connectivity index is 0.982. The molecule has 0 heterocycles. The van der Waals surface area contributed by atoms with Gasteiger partial charge in [0.25, 0.3) is 0 Å². The smallest absolute Gasteiger partial charge is 0.193 e. The van der Waals surface area contributed by atoms with Gasteiger partial charge in [0.1, 0.15) is 0 Å². The maximum absolute atomic E-state index is 14.0. The number of hydrogen-bond acceptors (Lipinski definition) is 4. The number of para-hydroxylation sites is 4. The second kappa shape index (κ2) is 22.4. The van der Waals surface area contributed by atoms with Gasteiger partial charge in [0.15, 0.2) is 13.9 Å². The van der Waals surface area contributed by atoms with Crippen LogP contribution < -0.4 is 35.4 Å². The number of carbonyl (C=O) groups excluding carboxylic acids is 1. The van der Waals surface area contributed by atoms with Crippen LogP contribution in [0.25, 0.3) is 11.1 Å². The number of nitrogens with zero attached hydrogens (tertiary/aromatic N) is 3. The average molecular weight is 1020 g/mol. The number of rotatable bonds is 16. The summed E-state index contributed by atoms with van der Waals surface area (Å²) in [5, 5.41) is 5.06. The summed E-state index contributed by atoms with van der Waals surface area (Å²) < 4.78 is 0. The largest absolute Gasteiger partial charge is 0.311 e. The van der Waals surface area contributed by atoms with E-state index in [1.54, 1.807) is 0 Å². The fraction of sp³-hybridized carbons (Fsp3) is 0. The summed E-state index contributed by atoms with van der Waals surface area (Å²) in [5.41, 5.74) is 12.8. The Hall–Kier alpha value is -10.1. The lowest BCUT2D eigenvalue weighted by atomic mass is 9.94. The zero-order chi connectivity index (χ0) is 52.5. The molecule has 0 N–H and O–H groups in total. The van der Waals surface area contributed by atoms with Gasteiger partial charge in [-0.3, -0.25) is 4.79 Å². The fourth-order valence-corrected chi connectivity index (χ4v) is 15.7. The Morgan fingerprint density at radius 3 is 0.821 bits per heavy atom. The van der Waals surface area contributed by atoms with Crippen LogP contribution in [0.3, 0.4) is 0 Å². The Kier molecular flexibility index (Phi) is 14.0. The predicted molar refractivity (Wildman–Crippen MR) is 329 cm³/mol. The molecule has 0 fully saturated rings. The maximum Gasteiger partial charge on any atom is 0.193 e. The van der Waals surface area contributed by atoms with E-state index in [1.165, 1.54) is 20.7 Å². The van der Waals surface area contributed by atoms with Gasteiger partial charge in [0, 0.05) is 62.3 Å². The minimum atomic E-state index is -2.99. The minimum Gasteiger partial charge on any atom is -0.311 e. The number of carbonyl (C=O) groups is 1. The standard InChI is InChI=1S/C73H55N3OSi/c77-73(57-24-8-1-9-25-57)72-39-23-22-38-71(72)56-40-52-69(53-41-56)78(67-34-18-6-19-35-67,68-36-20-7-21-37-68)70-54-50-66(51-55-70)76(64-46-42-62(43-47-64)74(58-26-10-2-11-27-58)59-28-12-3-13-29-59)65-48-44-63(45-49-65)75(60-30-14-4-15-31-60)61-32-16-5-17-33-61/h1-55H. The summed E-state index contributed by atoms with van der Waals surface area (Å²) >= 11 is 0. The minimum absolute atomic E-state index is 0.0104. The monoisotopic (exact) mass is 1020 g/mol. The van der Waals surface area contributed by atoms with Crippen LogP contribution in [0, 0.1) is 0 Å². The van der Waals surface area contributed by atoms with Crippen LogP contribution in [-0.4, -0.2) is 13.9 Å². The first-order chi connectivity index (χ1) is 38.6. The van der Waals surface area contributed by atoms with E-state index < -0.39 is 8.07 Å². The van der Waals surface area contributed by atoms with Crippen molar-refractivity contribution < 1.29 is 4.79 Å². The third kappa shape index (κ3) is 9.74. The number of benzene rings is 12. The lowest BCUT2D eigenvalue weighted by Crippen LogP contribution is -2.74. The summed E-state index contributed by atoms with van der Waals surface area (Å²) in [4.78, 5) is 20.9. The molecule has 78 heavy (non-hydrogen) atoms. The summed E-state index contributed by atoms with van der Waals surface area (Å²) in [6.07, 6.45) is 0. The highest BCUT2D eigenvalue weighted by molar-refractivity contribution is 7.19. The van der Waals surface area contributed by atoms with Crippen LogP contribution in [-0.2, 0) is 0 Å². The zero-order valence-corrected chi connectivity index (χ0v) is 44.0. The fourth-order valence-electron chi connectivity index (χ4n) is 11.0. The molecule has 0 saturated carbocycles. The van der Waals surface area contributed by atoms with Crippen molar-refractivity contribution in [3.05, 3.63) is 345 Å². The summed E-state index contributed by atoms with van der Waals surface area (Å²) in [6.45, 7) is 0. The third-order valence-electron chi connectivity index (χ3n) is 14.6. The van der Waals surface area contributed by atoms with Crippen molar-refractivity contribution in [2.45, 2.75) is 0 Å². The Morgan fingerprint density at radius 2 is 0.474 bits per heavy atom. The molecule has 0 amide bonds. The summed E-state index contributed by atoms with van der Waals surface area (Å²) in [6, 6.07) is 118. The molecule has 0 unspecified atom stereocenters. The number of ketones is 1. The second-order valence-electron chi connectivity index (χ2n) is 19.2. The van der Waals surface area contributed by atoms with Crippen LogP contribution in [0.5, 0.6) is 0 Å². The Morgan fingerprint density at radius 1 is 0.231 bits per heavy atom. The van der Waals surface area contributed by atoms with Crippen molar-refractivity contribution in [3.8, 4) is 11.1 Å². The SMILES string of the molecule is O=C(c1ccccc1)c1ccccc1-c1ccc([Si](c2ccccc2)(c2ccccc2)c2ccc(N(c3ccc(N(c4ccccc4)c4ccccc4)cc3)c3ccc(N(c4ccccc4)c4ccccc4)cc3)cc2)cc1. The van der Waals surface area contributed by atoms with Crippen LogP contribution in [0.4, 0.5) is 51.2 Å². The molecule has 12 rings (SSSR count). The highest BCUT2D eigenvalue weighted by Gasteiger charge is 2.41. The van der Waals surface area contributed by atoms with Crippen molar-refractivity contribution in [1.29, 1.82) is 0 Å². The van der Waals surface area contributed by atoms with E-state index in [-0.39, 0.29) is 5.78 Å².